The second-order valence-electron chi connectivity index (χ2n) is 6.05. The van der Waals surface area contributed by atoms with Crippen LogP contribution in [0, 0.1) is 22.7 Å². The van der Waals surface area contributed by atoms with E-state index in [1.165, 1.54) is 11.3 Å². The molecule has 138 valence electrons. The maximum absolute atomic E-state index is 13.0. The van der Waals surface area contributed by atoms with Crippen molar-refractivity contribution < 1.29 is 4.74 Å². The number of rotatable bonds is 3. The zero-order valence-electron chi connectivity index (χ0n) is 14.7. The zero-order valence-corrected chi connectivity index (χ0v) is 15.6. The molecule has 0 radical (unpaired) electrons. The van der Waals surface area contributed by atoms with Crippen LogP contribution in [-0.2, 0) is 0 Å². The van der Waals surface area contributed by atoms with Gasteiger partial charge in [-0.05, 0) is 24.6 Å². The van der Waals surface area contributed by atoms with E-state index in [0.717, 1.165) is 0 Å². The molecule has 3 aromatic heterocycles. The van der Waals surface area contributed by atoms with Gasteiger partial charge in [-0.15, -0.1) is 11.3 Å². The first kappa shape index (κ1) is 17.6. The normalized spacial score (nSPS) is 15.5. The Hall–Kier alpha value is -3.82. The first-order valence-electron chi connectivity index (χ1n) is 8.44. The van der Waals surface area contributed by atoms with Crippen LogP contribution in [0.25, 0.3) is 10.2 Å². The molecule has 3 aromatic rings. The van der Waals surface area contributed by atoms with Gasteiger partial charge in [0.05, 0.1) is 21.7 Å². The third kappa shape index (κ3) is 2.49. The number of fused-ring (bicyclic) bond motifs is 3. The van der Waals surface area contributed by atoms with Crippen LogP contribution in [0.1, 0.15) is 29.5 Å². The van der Waals surface area contributed by atoms with Crippen molar-refractivity contribution in [2.24, 2.45) is 5.73 Å². The Labute approximate surface area is 163 Å². The van der Waals surface area contributed by atoms with Gasteiger partial charge in [0.15, 0.2) is 5.75 Å². The molecule has 28 heavy (non-hydrogen) atoms. The fraction of sp³-hybridized carbons (Fsp3) is 0.158. The minimum absolute atomic E-state index is 0.0550. The summed E-state index contributed by atoms with van der Waals surface area (Å²) in [7, 11) is 0. The molecule has 4 N–H and O–H groups in total. The summed E-state index contributed by atoms with van der Waals surface area (Å²) in [4.78, 5) is 19.8. The molecule has 1 aliphatic rings. The molecule has 9 heteroatoms. The van der Waals surface area contributed by atoms with Gasteiger partial charge in [0.25, 0.3) is 5.56 Å². The molecule has 0 saturated carbocycles. The highest BCUT2D eigenvalue weighted by Crippen LogP contribution is 2.47. The Kier molecular flexibility index (Phi) is 4.22. The molecule has 0 bridgehead atoms. The van der Waals surface area contributed by atoms with Gasteiger partial charge < -0.3 is 20.8 Å². The van der Waals surface area contributed by atoms with Crippen molar-refractivity contribution in [3.63, 3.8) is 0 Å². The highest BCUT2D eigenvalue weighted by atomic mass is 32.1. The molecule has 0 amide bonds. The lowest BCUT2D eigenvalue weighted by Crippen LogP contribution is -2.27. The summed E-state index contributed by atoms with van der Waals surface area (Å²) in [5, 5.41) is 23.0. The molecular weight excluding hydrogens is 376 g/mol. The quantitative estimate of drug-likeness (QED) is 0.624. The molecule has 1 aliphatic heterocycles. The lowest BCUT2D eigenvalue weighted by molar-refractivity contribution is 0.397. The van der Waals surface area contributed by atoms with Crippen LogP contribution < -0.4 is 21.3 Å². The number of allylic oxidation sites excluding steroid dienone is 1. The smallest absolute Gasteiger partial charge is 0.256 e. The standard InChI is InChI=1S/C19H14N6O2S/c1-2-24-19-11(8-21)14-16(28-19)15-13(18(26)25-14)12(9-3-5-23-6-4-9)10(7-20)17(22)27-15/h3-6,12,24H,2,22H2,1H3,(H,25,26)/t12-/m0/s1. The van der Waals surface area contributed by atoms with E-state index in [1.54, 1.807) is 24.5 Å². The Morgan fingerprint density at radius 3 is 2.75 bits per heavy atom. The van der Waals surface area contributed by atoms with Gasteiger partial charge in [-0.1, -0.05) is 0 Å². The molecule has 4 heterocycles. The number of aromatic amines is 1. The molecule has 0 fully saturated rings. The van der Waals surface area contributed by atoms with Crippen molar-refractivity contribution in [1.29, 1.82) is 10.5 Å². The molecule has 0 saturated heterocycles. The van der Waals surface area contributed by atoms with Crippen LogP contribution in [0.15, 0.2) is 40.8 Å². The average molecular weight is 390 g/mol. The van der Waals surface area contributed by atoms with Gasteiger partial charge in [0, 0.05) is 18.9 Å². The Balaban J connectivity index is 2.08. The topological polar surface area (TPSA) is 141 Å². The van der Waals surface area contributed by atoms with Gasteiger partial charge >= 0.3 is 0 Å². The summed E-state index contributed by atoms with van der Waals surface area (Å²) in [6.45, 7) is 2.54. The predicted molar refractivity (Wildman–Crippen MR) is 105 cm³/mol. The number of thiophene rings is 1. The van der Waals surface area contributed by atoms with Crippen molar-refractivity contribution in [2.45, 2.75) is 12.8 Å². The number of ether oxygens (including phenoxy) is 1. The van der Waals surface area contributed by atoms with Crippen LogP contribution in [0.5, 0.6) is 5.75 Å². The number of hydrogen-bond donors (Lipinski definition) is 3. The van der Waals surface area contributed by atoms with Gasteiger partial charge in [0.1, 0.15) is 28.3 Å². The van der Waals surface area contributed by atoms with Crippen molar-refractivity contribution >= 4 is 26.6 Å². The summed E-state index contributed by atoms with van der Waals surface area (Å²) in [5.41, 5.74) is 7.51. The van der Waals surface area contributed by atoms with Gasteiger partial charge in [-0.3, -0.25) is 9.78 Å². The molecule has 4 rings (SSSR count). The monoisotopic (exact) mass is 390 g/mol. The van der Waals surface area contributed by atoms with Gasteiger partial charge in [-0.25, -0.2) is 0 Å². The number of pyridine rings is 2. The SMILES string of the molecule is CCNc1sc2c3c(c(=O)[nH]c2c1C#N)[C@@H](c1ccncc1)C(C#N)=C(N)O3. The Morgan fingerprint density at radius 1 is 1.36 bits per heavy atom. The number of H-pyrrole nitrogens is 1. The zero-order chi connectivity index (χ0) is 19.8. The highest BCUT2D eigenvalue weighted by Gasteiger charge is 2.35. The van der Waals surface area contributed by atoms with Gasteiger partial charge in [0.2, 0.25) is 5.88 Å². The minimum Gasteiger partial charge on any atom is -0.438 e. The predicted octanol–water partition coefficient (Wildman–Crippen LogP) is 2.51. The lowest BCUT2D eigenvalue weighted by atomic mass is 9.84. The number of anilines is 1. The second-order valence-corrected chi connectivity index (χ2v) is 7.08. The van der Waals surface area contributed by atoms with E-state index in [0.29, 0.717) is 38.5 Å². The third-order valence-corrected chi connectivity index (χ3v) is 5.65. The van der Waals surface area contributed by atoms with E-state index in [1.807, 2.05) is 6.92 Å². The van der Waals surface area contributed by atoms with Crippen molar-refractivity contribution in [2.75, 3.05) is 11.9 Å². The fourth-order valence-electron chi connectivity index (χ4n) is 3.33. The Bertz CT molecular complexity index is 1260. The Morgan fingerprint density at radius 2 is 2.11 bits per heavy atom. The lowest BCUT2D eigenvalue weighted by Gasteiger charge is -2.25. The molecule has 0 aliphatic carbocycles. The molecule has 0 spiro atoms. The van der Waals surface area contributed by atoms with E-state index in [9.17, 15) is 15.3 Å². The van der Waals surface area contributed by atoms with E-state index in [2.05, 4.69) is 27.4 Å². The second kappa shape index (κ2) is 6.72. The molecular formula is C19H14N6O2S. The molecule has 0 aromatic carbocycles. The molecule has 0 unspecified atom stereocenters. The molecule has 1 atom stereocenters. The third-order valence-electron chi connectivity index (χ3n) is 4.51. The fourth-order valence-corrected chi connectivity index (χ4v) is 4.50. The number of nitrogens with zero attached hydrogens (tertiary/aromatic N) is 3. The number of nitriles is 2. The van der Waals surface area contributed by atoms with Crippen LogP contribution in [0.3, 0.4) is 0 Å². The van der Waals surface area contributed by atoms with E-state index in [4.69, 9.17) is 10.5 Å². The maximum atomic E-state index is 13.0. The average Bonchev–Trinajstić information content (AvgIpc) is 3.05. The summed E-state index contributed by atoms with van der Waals surface area (Å²) < 4.78 is 6.34. The van der Waals surface area contributed by atoms with Crippen LogP contribution >= 0.6 is 11.3 Å². The summed E-state index contributed by atoms with van der Waals surface area (Å²) in [6, 6.07) is 7.65. The number of aromatic nitrogens is 2. The summed E-state index contributed by atoms with van der Waals surface area (Å²) >= 11 is 1.30. The first-order chi connectivity index (χ1) is 13.6. The van der Waals surface area contributed by atoms with Crippen molar-refractivity contribution in [1.82, 2.24) is 9.97 Å². The van der Waals surface area contributed by atoms with Crippen LogP contribution in [-0.4, -0.2) is 16.5 Å². The minimum atomic E-state index is -0.680. The van der Waals surface area contributed by atoms with E-state index in [-0.39, 0.29) is 17.2 Å². The van der Waals surface area contributed by atoms with Crippen LogP contribution in [0.2, 0.25) is 0 Å². The number of nitrogens with one attached hydrogen (secondary N) is 2. The van der Waals surface area contributed by atoms with Crippen molar-refractivity contribution in [3.05, 3.63) is 63.0 Å². The summed E-state index contributed by atoms with van der Waals surface area (Å²) in [6.07, 6.45) is 3.18. The summed E-state index contributed by atoms with van der Waals surface area (Å²) in [5.74, 6) is -0.455. The van der Waals surface area contributed by atoms with Crippen LogP contribution in [0.4, 0.5) is 5.00 Å². The largest absolute Gasteiger partial charge is 0.438 e. The number of nitrogens with two attached hydrogens (primary N) is 1. The first-order valence-corrected chi connectivity index (χ1v) is 9.26. The van der Waals surface area contributed by atoms with E-state index >= 15 is 0 Å². The molecule has 8 nitrogen and oxygen atoms in total. The highest BCUT2D eigenvalue weighted by molar-refractivity contribution is 7.23. The van der Waals surface area contributed by atoms with E-state index < -0.39 is 11.5 Å². The van der Waals surface area contributed by atoms with Crippen molar-refractivity contribution in [3.8, 4) is 17.9 Å². The maximum Gasteiger partial charge on any atom is 0.256 e. The number of hydrogen-bond acceptors (Lipinski definition) is 8. The van der Waals surface area contributed by atoms with Gasteiger partial charge in [-0.2, -0.15) is 10.5 Å².